The number of rotatable bonds is 4. The van der Waals surface area contributed by atoms with Gasteiger partial charge in [0.1, 0.15) is 17.0 Å². The molecule has 84 valence electrons. The first kappa shape index (κ1) is 11.6. The van der Waals surface area contributed by atoms with Crippen LogP contribution in [0.4, 0.5) is 0 Å². The fraction of sp³-hybridized carbons (Fsp3) is 0.250. The largest absolute Gasteiger partial charge is 0.486 e. The molecule has 0 N–H and O–H groups in total. The number of thiophene rings is 1. The molecule has 0 aromatic carbocycles. The Balaban J connectivity index is 1.94. The average molecular weight is 298 g/mol. The van der Waals surface area contributed by atoms with Gasteiger partial charge in [0.15, 0.2) is 0 Å². The van der Waals surface area contributed by atoms with Crippen LogP contribution >= 0.6 is 27.3 Å². The van der Waals surface area contributed by atoms with E-state index < -0.39 is 0 Å². The lowest BCUT2D eigenvalue weighted by Crippen LogP contribution is -1.92. The molecule has 0 saturated carbocycles. The zero-order chi connectivity index (χ0) is 11.4. The van der Waals surface area contributed by atoms with Crippen LogP contribution < -0.4 is 4.74 Å². The number of ether oxygens (including phenoxy) is 1. The Labute approximate surface area is 107 Å². The molecular formula is C12H12BrNOS. The molecule has 0 spiro atoms. The Hall–Kier alpha value is -0.870. The van der Waals surface area contributed by atoms with Crippen molar-refractivity contribution in [3.63, 3.8) is 0 Å². The lowest BCUT2D eigenvalue weighted by molar-refractivity contribution is 0.308. The average Bonchev–Trinajstić information content (AvgIpc) is 2.76. The van der Waals surface area contributed by atoms with E-state index in [1.54, 1.807) is 17.5 Å². The van der Waals surface area contributed by atoms with Gasteiger partial charge in [-0.1, -0.05) is 6.92 Å². The van der Waals surface area contributed by atoms with Crippen molar-refractivity contribution in [1.82, 2.24) is 4.98 Å². The van der Waals surface area contributed by atoms with Gasteiger partial charge in [-0.25, -0.2) is 4.98 Å². The topological polar surface area (TPSA) is 22.1 Å². The van der Waals surface area contributed by atoms with Gasteiger partial charge in [0.2, 0.25) is 0 Å². The van der Waals surface area contributed by atoms with Crippen LogP contribution in [0.5, 0.6) is 5.75 Å². The van der Waals surface area contributed by atoms with Crippen LogP contribution in [0.3, 0.4) is 0 Å². The standard InChI is InChI=1S/C12H12BrNOS/c1-2-10-4-5-11(16-10)8-15-9-3-6-12(13)14-7-9/h3-7H,2,8H2,1H3. The molecule has 0 fully saturated rings. The molecule has 2 aromatic heterocycles. The van der Waals surface area contributed by atoms with Gasteiger partial charge in [0.05, 0.1) is 6.20 Å². The van der Waals surface area contributed by atoms with Crippen LogP contribution in [-0.2, 0) is 13.0 Å². The van der Waals surface area contributed by atoms with Crippen molar-refractivity contribution in [3.05, 3.63) is 44.8 Å². The van der Waals surface area contributed by atoms with Gasteiger partial charge >= 0.3 is 0 Å². The van der Waals surface area contributed by atoms with Gasteiger partial charge in [-0.2, -0.15) is 0 Å². The number of halogens is 1. The highest BCUT2D eigenvalue weighted by Gasteiger charge is 2.00. The van der Waals surface area contributed by atoms with Crippen LogP contribution in [0.1, 0.15) is 16.7 Å². The van der Waals surface area contributed by atoms with Crippen LogP contribution in [-0.4, -0.2) is 4.98 Å². The quantitative estimate of drug-likeness (QED) is 0.795. The van der Waals surface area contributed by atoms with Crippen molar-refractivity contribution in [2.24, 2.45) is 0 Å². The van der Waals surface area contributed by atoms with E-state index in [4.69, 9.17) is 4.74 Å². The number of nitrogens with zero attached hydrogens (tertiary/aromatic N) is 1. The lowest BCUT2D eigenvalue weighted by Gasteiger charge is -2.03. The molecule has 4 heteroatoms. The first-order valence-electron chi connectivity index (χ1n) is 5.10. The van der Waals surface area contributed by atoms with Crippen molar-refractivity contribution >= 4 is 27.3 Å². The van der Waals surface area contributed by atoms with E-state index >= 15 is 0 Å². The smallest absolute Gasteiger partial charge is 0.138 e. The van der Waals surface area contributed by atoms with Crippen molar-refractivity contribution in [1.29, 1.82) is 0 Å². The summed E-state index contributed by atoms with van der Waals surface area (Å²) in [4.78, 5) is 6.75. The van der Waals surface area contributed by atoms with Crippen molar-refractivity contribution < 1.29 is 4.74 Å². The summed E-state index contributed by atoms with van der Waals surface area (Å²) in [6.07, 6.45) is 2.81. The highest BCUT2D eigenvalue weighted by atomic mass is 79.9. The normalized spacial score (nSPS) is 10.4. The Kier molecular flexibility index (Phi) is 3.96. The third-order valence-corrected chi connectivity index (χ3v) is 3.82. The Morgan fingerprint density at radius 3 is 2.69 bits per heavy atom. The Morgan fingerprint density at radius 2 is 2.06 bits per heavy atom. The zero-order valence-electron chi connectivity index (χ0n) is 8.94. The van der Waals surface area contributed by atoms with E-state index in [-0.39, 0.29) is 0 Å². The second-order valence-corrected chi connectivity index (χ2v) is 5.39. The maximum atomic E-state index is 5.63. The minimum absolute atomic E-state index is 0.619. The van der Waals surface area contributed by atoms with Gasteiger partial charge in [-0.05, 0) is 46.6 Å². The van der Waals surface area contributed by atoms with E-state index in [9.17, 15) is 0 Å². The summed E-state index contributed by atoms with van der Waals surface area (Å²) in [5.41, 5.74) is 0. The molecule has 0 bridgehead atoms. The number of aryl methyl sites for hydroxylation is 1. The summed E-state index contributed by atoms with van der Waals surface area (Å²) in [6.45, 7) is 2.78. The van der Waals surface area contributed by atoms with E-state index in [0.29, 0.717) is 6.61 Å². The molecule has 0 aliphatic rings. The summed E-state index contributed by atoms with van der Waals surface area (Å²) < 4.78 is 6.46. The molecule has 2 aromatic rings. The SMILES string of the molecule is CCc1ccc(COc2ccc(Br)nc2)s1. The number of hydrogen-bond acceptors (Lipinski definition) is 3. The molecular weight excluding hydrogens is 286 g/mol. The highest BCUT2D eigenvalue weighted by molar-refractivity contribution is 9.10. The second-order valence-electron chi connectivity index (χ2n) is 3.33. The van der Waals surface area contributed by atoms with Gasteiger partial charge in [0.25, 0.3) is 0 Å². The summed E-state index contributed by atoms with van der Waals surface area (Å²) in [7, 11) is 0. The molecule has 0 aliphatic carbocycles. The monoisotopic (exact) mass is 297 g/mol. The Morgan fingerprint density at radius 1 is 1.25 bits per heavy atom. The minimum atomic E-state index is 0.619. The minimum Gasteiger partial charge on any atom is -0.486 e. The van der Waals surface area contributed by atoms with E-state index in [2.05, 4.69) is 40.0 Å². The lowest BCUT2D eigenvalue weighted by atomic mass is 10.4. The van der Waals surface area contributed by atoms with Crippen LogP contribution in [0.2, 0.25) is 0 Å². The molecule has 0 aliphatic heterocycles. The van der Waals surface area contributed by atoms with Gasteiger partial charge in [0, 0.05) is 9.75 Å². The van der Waals surface area contributed by atoms with Crippen LogP contribution in [0.15, 0.2) is 35.1 Å². The molecule has 2 heterocycles. The first-order chi connectivity index (χ1) is 7.78. The maximum Gasteiger partial charge on any atom is 0.138 e. The molecule has 0 amide bonds. The highest BCUT2D eigenvalue weighted by Crippen LogP contribution is 2.20. The summed E-state index contributed by atoms with van der Waals surface area (Å²) in [5.74, 6) is 0.801. The van der Waals surface area contributed by atoms with E-state index in [1.165, 1.54) is 9.75 Å². The van der Waals surface area contributed by atoms with Gasteiger partial charge in [-0.15, -0.1) is 11.3 Å². The van der Waals surface area contributed by atoms with Crippen molar-refractivity contribution in [3.8, 4) is 5.75 Å². The van der Waals surface area contributed by atoms with E-state index in [0.717, 1.165) is 16.8 Å². The zero-order valence-corrected chi connectivity index (χ0v) is 11.3. The number of pyridine rings is 1. The maximum absolute atomic E-state index is 5.63. The fourth-order valence-corrected chi connectivity index (χ4v) is 2.40. The molecule has 0 atom stereocenters. The molecule has 0 saturated heterocycles. The number of aromatic nitrogens is 1. The molecule has 2 nitrogen and oxygen atoms in total. The summed E-state index contributed by atoms with van der Waals surface area (Å²) in [6, 6.07) is 8.06. The summed E-state index contributed by atoms with van der Waals surface area (Å²) in [5, 5.41) is 0. The predicted octanol–water partition coefficient (Wildman–Crippen LogP) is 4.05. The van der Waals surface area contributed by atoms with Crippen molar-refractivity contribution in [2.75, 3.05) is 0 Å². The van der Waals surface area contributed by atoms with Crippen LogP contribution in [0.25, 0.3) is 0 Å². The summed E-state index contributed by atoms with van der Waals surface area (Å²) >= 11 is 5.09. The van der Waals surface area contributed by atoms with Gasteiger partial charge in [-0.3, -0.25) is 0 Å². The molecule has 0 radical (unpaired) electrons. The van der Waals surface area contributed by atoms with Crippen molar-refractivity contribution in [2.45, 2.75) is 20.0 Å². The third-order valence-electron chi connectivity index (χ3n) is 2.15. The van der Waals surface area contributed by atoms with Crippen LogP contribution in [0, 0.1) is 0 Å². The predicted molar refractivity (Wildman–Crippen MR) is 70.0 cm³/mol. The third kappa shape index (κ3) is 3.06. The first-order valence-corrected chi connectivity index (χ1v) is 6.71. The Bertz CT molecular complexity index is 452. The van der Waals surface area contributed by atoms with E-state index in [1.807, 2.05) is 12.1 Å². The molecule has 16 heavy (non-hydrogen) atoms. The van der Waals surface area contributed by atoms with Gasteiger partial charge < -0.3 is 4.74 Å². The molecule has 2 rings (SSSR count). The number of hydrogen-bond donors (Lipinski definition) is 0. The second kappa shape index (κ2) is 5.46. The molecule has 0 unspecified atom stereocenters. The fourth-order valence-electron chi connectivity index (χ4n) is 1.29.